The minimum atomic E-state index is -0.0706. The number of allylic oxidation sites excluding steroid dienone is 1. The molecule has 4 aromatic rings. The summed E-state index contributed by atoms with van der Waals surface area (Å²) in [5.74, 6) is 3.26. The van der Waals surface area contributed by atoms with Crippen LogP contribution < -0.4 is 19.5 Å². The predicted molar refractivity (Wildman–Crippen MR) is 165 cm³/mol. The average Bonchev–Trinajstić information content (AvgIpc) is 3.36. The summed E-state index contributed by atoms with van der Waals surface area (Å²) in [6.07, 6.45) is 9.84. The number of carbonyl (C=O) groups excluding carboxylic acids is 1. The van der Waals surface area contributed by atoms with E-state index in [0.717, 1.165) is 73.5 Å². The monoisotopic (exact) mass is 555 g/mol. The van der Waals surface area contributed by atoms with Crippen molar-refractivity contribution in [2.75, 3.05) is 27.4 Å². The first-order valence-electron chi connectivity index (χ1n) is 14.4. The van der Waals surface area contributed by atoms with Crippen molar-refractivity contribution < 1.29 is 19.0 Å². The van der Waals surface area contributed by atoms with Gasteiger partial charge in [0.15, 0.2) is 11.5 Å². The number of unbranched alkanes of at least 4 members (excludes halogenated alkanes) is 3. The molecule has 1 amide bonds. The van der Waals surface area contributed by atoms with Gasteiger partial charge in [-0.15, -0.1) is 0 Å². The maximum atomic E-state index is 12.4. The second kappa shape index (κ2) is 15.5. The van der Waals surface area contributed by atoms with E-state index in [4.69, 9.17) is 19.2 Å². The number of amides is 1. The molecule has 0 unspecified atom stereocenters. The van der Waals surface area contributed by atoms with Crippen molar-refractivity contribution in [1.29, 1.82) is 0 Å². The van der Waals surface area contributed by atoms with Gasteiger partial charge in [0.25, 0.3) is 5.91 Å². The standard InChI is InChI=1S/C34H41N3O4/c1-4-13-26-19-20-31(32(24-26)40-3)41-23-11-10-22-37-30-17-8-7-16-29(30)36-33(37)18-6-5-9-21-35-34(38)27-14-12-15-28(25-27)39-2/h4,7-8,12-17,19-20,24-25H,5-6,9-11,18,21-23H2,1-3H3,(H,35,38)/b13-4+. The molecule has 0 radical (unpaired) electrons. The fourth-order valence-electron chi connectivity index (χ4n) is 4.87. The van der Waals surface area contributed by atoms with Crippen molar-refractivity contribution in [3.63, 3.8) is 0 Å². The van der Waals surface area contributed by atoms with Crippen LogP contribution in [0.15, 0.2) is 72.8 Å². The Balaban J connectivity index is 1.23. The Bertz CT molecular complexity index is 1440. The minimum Gasteiger partial charge on any atom is -0.497 e. The molecule has 41 heavy (non-hydrogen) atoms. The lowest BCUT2D eigenvalue weighted by Crippen LogP contribution is -2.24. The van der Waals surface area contributed by atoms with Gasteiger partial charge in [-0.3, -0.25) is 4.79 Å². The summed E-state index contributed by atoms with van der Waals surface area (Å²) in [5, 5.41) is 3.01. The third-order valence-electron chi connectivity index (χ3n) is 7.01. The van der Waals surface area contributed by atoms with Crippen LogP contribution in [0.4, 0.5) is 0 Å². The van der Waals surface area contributed by atoms with Crippen molar-refractivity contribution in [2.45, 2.75) is 52.0 Å². The number of aromatic nitrogens is 2. The average molecular weight is 556 g/mol. The quantitative estimate of drug-likeness (QED) is 0.149. The Morgan fingerprint density at radius 3 is 2.61 bits per heavy atom. The molecular weight excluding hydrogens is 514 g/mol. The third-order valence-corrected chi connectivity index (χ3v) is 7.01. The van der Waals surface area contributed by atoms with Crippen LogP contribution in [0, 0.1) is 0 Å². The number of aryl methyl sites for hydroxylation is 2. The van der Waals surface area contributed by atoms with Crippen LogP contribution in [-0.2, 0) is 13.0 Å². The van der Waals surface area contributed by atoms with E-state index < -0.39 is 0 Å². The highest BCUT2D eigenvalue weighted by atomic mass is 16.5. The van der Waals surface area contributed by atoms with Gasteiger partial charge in [-0.25, -0.2) is 4.98 Å². The second-order valence-electron chi connectivity index (χ2n) is 9.93. The second-order valence-corrected chi connectivity index (χ2v) is 9.93. The highest BCUT2D eigenvalue weighted by Crippen LogP contribution is 2.29. The molecule has 0 aliphatic heterocycles. The van der Waals surface area contributed by atoms with E-state index in [2.05, 4.69) is 28.1 Å². The van der Waals surface area contributed by atoms with Crippen molar-refractivity contribution >= 4 is 23.0 Å². The highest BCUT2D eigenvalue weighted by molar-refractivity contribution is 5.94. The summed E-state index contributed by atoms with van der Waals surface area (Å²) in [6, 6.07) is 21.6. The predicted octanol–water partition coefficient (Wildman–Crippen LogP) is 7.09. The summed E-state index contributed by atoms with van der Waals surface area (Å²) in [4.78, 5) is 17.3. The number of nitrogens with zero attached hydrogens (tertiary/aromatic N) is 2. The zero-order chi connectivity index (χ0) is 28.9. The molecule has 0 atom stereocenters. The largest absolute Gasteiger partial charge is 0.497 e. The fourth-order valence-corrected chi connectivity index (χ4v) is 4.87. The van der Waals surface area contributed by atoms with Gasteiger partial charge in [0.05, 0.1) is 31.9 Å². The van der Waals surface area contributed by atoms with Crippen molar-refractivity contribution in [2.24, 2.45) is 0 Å². The van der Waals surface area contributed by atoms with Crippen LogP contribution in [0.25, 0.3) is 17.1 Å². The normalized spacial score (nSPS) is 11.2. The fraction of sp³-hybridized carbons (Fsp3) is 0.353. The number of imidazole rings is 1. The van der Waals surface area contributed by atoms with Crippen molar-refractivity contribution in [3.05, 3.63) is 89.8 Å². The lowest BCUT2D eigenvalue weighted by Gasteiger charge is -2.12. The van der Waals surface area contributed by atoms with Gasteiger partial charge in [-0.2, -0.15) is 0 Å². The molecule has 216 valence electrons. The number of methoxy groups -OCH3 is 2. The van der Waals surface area contributed by atoms with E-state index in [9.17, 15) is 4.79 Å². The maximum Gasteiger partial charge on any atom is 0.251 e. The smallest absolute Gasteiger partial charge is 0.251 e. The molecule has 0 bridgehead atoms. The molecule has 0 saturated heterocycles. The Morgan fingerprint density at radius 1 is 0.902 bits per heavy atom. The Hall–Kier alpha value is -4.26. The van der Waals surface area contributed by atoms with Crippen LogP contribution in [0.5, 0.6) is 17.2 Å². The summed E-state index contributed by atoms with van der Waals surface area (Å²) in [6.45, 7) is 4.17. The summed E-state index contributed by atoms with van der Waals surface area (Å²) in [5.41, 5.74) is 3.92. The maximum absolute atomic E-state index is 12.4. The number of fused-ring (bicyclic) bond motifs is 1. The molecule has 7 nitrogen and oxygen atoms in total. The summed E-state index contributed by atoms with van der Waals surface area (Å²) in [7, 11) is 3.27. The molecule has 0 fully saturated rings. The van der Waals surface area contributed by atoms with Crippen molar-refractivity contribution in [1.82, 2.24) is 14.9 Å². The topological polar surface area (TPSA) is 74.6 Å². The third kappa shape index (κ3) is 8.37. The van der Waals surface area contributed by atoms with Gasteiger partial charge >= 0.3 is 0 Å². The molecule has 3 aromatic carbocycles. The lowest BCUT2D eigenvalue weighted by atomic mass is 10.1. The number of para-hydroxylation sites is 2. The van der Waals surface area contributed by atoms with Gasteiger partial charge in [0.2, 0.25) is 0 Å². The zero-order valence-corrected chi connectivity index (χ0v) is 24.4. The van der Waals surface area contributed by atoms with E-state index in [0.29, 0.717) is 24.5 Å². The van der Waals surface area contributed by atoms with E-state index in [1.54, 1.807) is 26.4 Å². The van der Waals surface area contributed by atoms with Gasteiger partial charge < -0.3 is 24.1 Å². The molecule has 0 saturated carbocycles. The summed E-state index contributed by atoms with van der Waals surface area (Å²) < 4.78 is 19.1. The van der Waals surface area contributed by atoms with E-state index >= 15 is 0 Å². The molecule has 0 spiro atoms. The van der Waals surface area contributed by atoms with E-state index in [1.165, 1.54) is 5.52 Å². The SMILES string of the molecule is C/C=C/c1ccc(OCCCCn2c(CCCCCNC(=O)c3cccc(OC)c3)nc3ccccc32)c(OC)c1. The summed E-state index contributed by atoms with van der Waals surface area (Å²) >= 11 is 0. The van der Waals surface area contributed by atoms with Gasteiger partial charge in [0.1, 0.15) is 11.6 Å². The number of ether oxygens (including phenoxy) is 3. The molecule has 1 N–H and O–H groups in total. The van der Waals surface area contributed by atoms with E-state index in [-0.39, 0.29) is 5.91 Å². The van der Waals surface area contributed by atoms with Crippen LogP contribution in [0.2, 0.25) is 0 Å². The molecule has 0 aliphatic carbocycles. The first-order valence-corrected chi connectivity index (χ1v) is 14.4. The zero-order valence-electron chi connectivity index (χ0n) is 24.4. The molecular formula is C34H41N3O4. The van der Waals surface area contributed by atoms with Gasteiger partial charge in [-0.05, 0) is 80.6 Å². The van der Waals surface area contributed by atoms with E-state index in [1.807, 2.05) is 55.5 Å². The Morgan fingerprint density at radius 2 is 1.78 bits per heavy atom. The van der Waals surface area contributed by atoms with Crippen LogP contribution >= 0.6 is 0 Å². The van der Waals surface area contributed by atoms with Gasteiger partial charge in [-0.1, -0.05) is 42.8 Å². The van der Waals surface area contributed by atoms with Crippen molar-refractivity contribution in [3.8, 4) is 17.2 Å². The first kappa shape index (κ1) is 29.7. The molecule has 1 heterocycles. The number of hydrogen-bond acceptors (Lipinski definition) is 5. The number of carbonyl (C=O) groups is 1. The van der Waals surface area contributed by atoms with Gasteiger partial charge in [0, 0.05) is 25.1 Å². The molecule has 7 heteroatoms. The minimum absolute atomic E-state index is 0.0706. The first-order chi connectivity index (χ1) is 20.1. The van der Waals surface area contributed by atoms with Crippen LogP contribution in [-0.4, -0.2) is 42.8 Å². The van der Waals surface area contributed by atoms with Crippen LogP contribution in [0.1, 0.15) is 60.8 Å². The Kier molecular flexibility index (Phi) is 11.2. The van der Waals surface area contributed by atoms with Crippen LogP contribution in [0.3, 0.4) is 0 Å². The lowest BCUT2D eigenvalue weighted by molar-refractivity contribution is 0.0952. The number of benzene rings is 3. The molecule has 1 aromatic heterocycles. The molecule has 4 rings (SSSR count). The number of hydrogen-bond donors (Lipinski definition) is 1. The highest BCUT2D eigenvalue weighted by Gasteiger charge is 2.11. The number of rotatable bonds is 16. The molecule has 0 aliphatic rings. The number of nitrogens with one attached hydrogen (secondary N) is 1. The Labute approximate surface area is 243 Å².